The maximum Gasteiger partial charge on any atom is 0.237 e. The Labute approximate surface area is 128 Å². The SMILES string of the molecule is CCC(C)(C(=O)Nc1cc(Cl)c(C)cc1Cl)C(N)=S. The smallest absolute Gasteiger partial charge is 0.237 e. The molecule has 0 bridgehead atoms. The Kier molecular flexibility index (Phi) is 5.18. The monoisotopic (exact) mass is 318 g/mol. The molecule has 3 N–H and O–H groups in total. The lowest BCUT2D eigenvalue weighted by Gasteiger charge is -2.25. The molecule has 0 aromatic heterocycles. The molecule has 0 aliphatic carbocycles. The van der Waals surface area contributed by atoms with Crippen molar-refractivity contribution in [3.05, 3.63) is 27.7 Å². The number of aryl methyl sites for hydroxylation is 1. The first-order chi connectivity index (χ1) is 8.72. The van der Waals surface area contributed by atoms with E-state index in [2.05, 4.69) is 5.32 Å². The Morgan fingerprint density at radius 2 is 2.00 bits per heavy atom. The number of carbonyl (C=O) groups is 1. The molecule has 3 nitrogen and oxygen atoms in total. The van der Waals surface area contributed by atoms with Crippen LogP contribution in [0.5, 0.6) is 0 Å². The van der Waals surface area contributed by atoms with Crippen molar-refractivity contribution in [3.63, 3.8) is 0 Å². The number of nitrogens with two attached hydrogens (primary N) is 1. The summed E-state index contributed by atoms with van der Waals surface area (Å²) in [7, 11) is 0. The Morgan fingerprint density at radius 3 is 2.47 bits per heavy atom. The van der Waals surface area contributed by atoms with Crippen LogP contribution >= 0.6 is 35.4 Å². The van der Waals surface area contributed by atoms with Crippen LogP contribution in [0.25, 0.3) is 0 Å². The number of anilines is 1. The van der Waals surface area contributed by atoms with E-state index in [4.69, 9.17) is 41.2 Å². The summed E-state index contributed by atoms with van der Waals surface area (Å²) in [5.74, 6) is -0.288. The highest BCUT2D eigenvalue weighted by Crippen LogP contribution is 2.31. The topological polar surface area (TPSA) is 55.1 Å². The van der Waals surface area contributed by atoms with Crippen LogP contribution in [0.1, 0.15) is 25.8 Å². The Bertz CT molecular complexity index is 534. The number of hydrogen-bond donors (Lipinski definition) is 2. The van der Waals surface area contributed by atoms with E-state index < -0.39 is 5.41 Å². The molecule has 0 saturated heterocycles. The van der Waals surface area contributed by atoms with Gasteiger partial charge in [-0.25, -0.2) is 0 Å². The van der Waals surface area contributed by atoms with Crippen LogP contribution < -0.4 is 11.1 Å². The van der Waals surface area contributed by atoms with Gasteiger partial charge in [-0.05, 0) is 38.0 Å². The van der Waals surface area contributed by atoms with E-state index in [0.29, 0.717) is 22.2 Å². The van der Waals surface area contributed by atoms with E-state index >= 15 is 0 Å². The minimum Gasteiger partial charge on any atom is -0.392 e. The molecule has 0 fully saturated rings. The normalized spacial score (nSPS) is 13.7. The lowest BCUT2D eigenvalue weighted by atomic mass is 9.86. The zero-order chi connectivity index (χ0) is 14.8. The summed E-state index contributed by atoms with van der Waals surface area (Å²) >= 11 is 17.1. The van der Waals surface area contributed by atoms with Gasteiger partial charge < -0.3 is 11.1 Å². The molecule has 0 spiro atoms. The van der Waals surface area contributed by atoms with Crippen molar-refractivity contribution in [1.82, 2.24) is 0 Å². The molecule has 19 heavy (non-hydrogen) atoms. The highest BCUT2D eigenvalue weighted by atomic mass is 35.5. The van der Waals surface area contributed by atoms with Gasteiger partial charge in [0.15, 0.2) is 0 Å². The van der Waals surface area contributed by atoms with E-state index in [9.17, 15) is 4.79 Å². The maximum absolute atomic E-state index is 12.3. The Hall–Kier alpha value is -0.840. The number of halogens is 2. The summed E-state index contributed by atoms with van der Waals surface area (Å²) < 4.78 is 0. The minimum atomic E-state index is -0.907. The summed E-state index contributed by atoms with van der Waals surface area (Å²) in [5.41, 5.74) is 6.03. The number of amides is 1. The van der Waals surface area contributed by atoms with Gasteiger partial charge in [-0.2, -0.15) is 0 Å². The molecule has 1 rings (SSSR count). The molecule has 104 valence electrons. The molecule has 0 aliphatic rings. The van der Waals surface area contributed by atoms with Crippen LogP contribution in [0.2, 0.25) is 10.0 Å². The fourth-order valence-electron chi connectivity index (χ4n) is 1.45. The lowest BCUT2D eigenvalue weighted by molar-refractivity contribution is -0.121. The van der Waals surface area contributed by atoms with Crippen LogP contribution in [0, 0.1) is 12.3 Å². The second-order valence-corrected chi connectivity index (χ2v) is 5.84. The first-order valence-electron chi connectivity index (χ1n) is 5.79. The predicted molar refractivity (Wildman–Crippen MR) is 85.0 cm³/mol. The van der Waals surface area contributed by atoms with E-state index in [-0.39, 0.29) is 10.9 Å². The van der Waals surface area contributed by atoms with Crippen molar-refractivity contribution in [2.45, 2.75) is 27.2 Å². The molecule has 0 aliphatic heterocycles. The van der Waals surface area contributed by atoms with Gasteiger partial charge in [-0.3, -0.25) is 4.79 Å². The molecule has 1 atom stereocenters. The van der Waals surface area contributed by atoms with Crippen molar-refractivity contribution in [2.75, 3.05) is 5.32 Å². The second kappa shape index (κ2) is 6.07. The molecular formula is C13H16Cl2N2OS. The predicted octanol–water partition coefficient (Wildman–Crippen LogP) is 3.94. The van der Waals surface area contributed by atoms with Crippen molar-refractivity contribution >= 4 is 52.0 Å². The van der Waals surface area contributed by atoms with E-state index in [1.165, 1.54) is 0 Å². The summed E-state index contributed by atoms with van der Waals surface area (Å²) in [6, 6.07) is 3.32. The van der Waals surface area contributed by atoms with Crippen molar-refractivity contribution in [3.8, 4) is 0 Å². The summed E-state index contributed by atoms with van der Waals surface area (Å²) in [6.45, 7) is 5.39. The van der Waals surface area contributed by atoms with Crippen molar-refractivity contribution in [2.24, 2.45) is 11.1 Å². The highest BCUT2D eigenvalue weighted by Gasteiger charge is 2.34. The van der Waals surface area contributed by atoms with Crippen LogP contribution in [-0.4, -0.2) is 10.9 Å². The van der Waals surface area contributed by atoms with Gasteiger partial charge in [0, 0.05) is 5.02 Å². The summed E-state index contributed by atoms with van der Waals surface area (Å²) in [4.78, 5) is 12.4. The van der Waals surface area contributed by atoms with Gasteiger partial charge in [0.2, 0.25) is 5.91 Å². The van der Waals surface area contributed by atoms with Crippen molar-refractivity contribution in [1.29, 1.82) is 0 Å². The average Bonchev–Trinajstić information content (AvgIpc) is 2.34. The molecule has 0 heterocycles. The largest absolute Gasteiger partial charge is 0.392 e. The molecular weight excluding hydrogens is 303 g/mol. The standard InChI is InChI=1S/C13H16Cl2N2OS/c1-4-13(3,11(16)19)12(18)17-10-6-8(14)7(2)5-9(10)15/h5-6H,4H2,1-3H3,(H2,16,19)(H,17,18). The third-order valence-electron chi connectivity index (χ3n) is 3.25. The van der Waals surface area contributed by atoms with Crippen LogP contribution in [-0.2, 0) is 4.79 Å². The second-order valence-electron chi connectivity index (χ2n) is 4.59. The Balaban J connectivity index is 3.06. The van der Waals surface area contributed by atoms with Gasteiger partial charge in [0.05, 0.1) is 21.1 Å². The first kappa shape index (κ1) is 16.2. The molecule has 6 heteroatoms. The third kappa shape index (κ3) is 3.38. The molecule has 1 amide bonds. The van der Waals surface area contributed by atoms with E-state index in [1.54, 1.807) is 19.1 Å². The number of thiocarbonyl (C=S) groups is 1. The molecule has 0 saturated carbocycles. The molecule has 0 radical (unpaired) electrons. The van der Waals surface area contributed by atoms with Gasteiger partial charge in [-0.1, -0.05) is 42.3 Å². The van der Waals surface area contributed by atoms with Gasteiger partial charge in [0.1, 0.15) is 0 Å². The number of rotatable bonds is 4. The van der Waals surface area contributed by atoms with Gasteiger partial charge >= 0.3 is 0 Å². The van der Waals surface area contributed by atoms with E-state index in [1.807, 2.05) is 13.8 Å². The zero-order valence-corrected chi connectivity index (χ0v) is 13.3. The van der Waals surface area contributed by atoms with E-state index in [0.717, 1.165) is 5.56 Å². The first-order valence-corrected chi connectivity index (χ1v) is 6.95. The molecule has 1 aromatic carbocycles. The minimum absolute atomic E-state index is 0.154. The fourth-order valence-corrected chi connectivity index (χ4v) is 2.12. The highest BCUT2D eigenvalue weighted by molar-refractivity contribution is 7.80. The van der Waals surface area contributed by atoms with Crippen LogP contribution in [0.15, 0.2) is 12.1 Å². The lowest BCUT2D eigenvalue weighted by Crippen LogP contribution is -2.43. The summed E-state index contributed by atoms with van der Waals surface area (Å²) in [6.07, 6.45) is 0.505. The quantitative estimate of drug-likeness (QED) is 0.827. The maximum atomic E-state index is 12.3. The number of nitrogens with one attached hydrogen (secondary N) is 1. The zero-order valence-electron chi connectivity index (χ0n) is 11.0. The summed E-state index contributed by atoms with van der Waals surface area (Å²) in [5, 5.41) is 3.69. The fraction of sp³-hybridized carbons (Fsp3) is 0.385. The average molecular weight is 319 g/mol. The van der Waals surface area contributed by atoms with Crippen molar-refractivity contribution < 1.29 is 4.79 Å². The number of benzene rings is 1. The number of carbonyl (C=O) groups excluding carboxylic acids is 1. The van der Waals surface area contributed by atoms with Crippen LogP contribution in [0.4, 0.5) is 5.69 Å². The van der Waals surface area contributed by atoms with Crippen LogP contribution in [0.3, 0.4) is 0 Å². The van der Waals surface area contributed by atoms with Gasteiger partial charge in [0.25, 0.3) is 0 Å². The van der Waals surface area contributed by atoms with Gasteiger partial charge in [-0.15, -0.1) is 0 Å². The third-order valence-corrected chi connectivity index (χ3v) is 4.42. The Morgan fingerprint density at radius 1 is 1.42 bits per heavy atom. The number of hydrogen-bond acceptors (Lipinski definition) is 2. The molecule has 1 unspecified atom stereocenters. The molecule has 1 aromatic rings.